The van der Waals surface area contributed by atoms with E-state index in [1.165, 1.54) is 31.0 Å². The molecule has 246 valence electrons. The summed E-state index contributed by atoms with van der Waals surface area (Å²) in [6, 6.07) is 9.10. The minimum absolute atomic E-state index is 0.0177. The Balaban J connectivity index is 1.50. The third-order valence-corrected chi connectivity index (χ3v) is 10.4. The predicted molar refractivity (Wildman–Crippen MR) is 174 cm³/mol. The maximum absolute atomic E-state index is 13.7. The summed E-state index contributed by atoms with van der Waals surface area (Å²) in [5, 5.41) is 5.52. The van der Waals surface area contributed by atoms with Gasteiger partial charge in [-0.3, -0.25) is 14.9 Å². The van der Waals surface area contributed by atoms with Crippen LogP contribution in [0.4, 0.5) is 5.69 Å². The number of likely N-dealkylation sites (N-methyl/N-ethyl adjacent to an activating group) is 1. The fourth-order valence-corrected chi connectivity index (χ4v) is 7.26. The molecule has 45 heavy (non-hydrogen) atoms. The molecule has 2 aliphatic rings. The average Bonchev–Trinajstić information content (AvgIpc) is 3.02. The van der Waals surface area contributed by atoms with Crippen LogP contribution < -0.4 is 25.8 Å². The number of rotatable bonds is 11. The number of amides is 2. The standard InChI is InChI=1S/C32H46N6O6S/c1-22-10-12-25(45(41,42)38-16-14-37(2)15-17-38)21-26(22)34-31(40)27(18-23-8-6-5-7-9-23)35-32(33)36-30(39)20-24-11-13-28(43-3)29(19-24)44-4/h10-13,19,21,23,27H,5-9,14-18,20H2,1-4H3,(H,34,40)(H3,33,35,36,39)/t27-/m1/s1. The number of nitrogens with two attached hydrogens (primary N) is 1. The van der Waals surface area contributed by atoms with Crippen molar-refractivity contribution in [3.63, 3.8) is 0 Å². The van der Waals surface area contributed by atoms with Crippen molar-refractivity contribution in [1.29, 1.82) is 0 Å². The average molecular weight is 643 g/mol. The number of aliphatic imine (C=N–C) groups is 1. The van der Waals surface area contributed by atoms with Gasteiger partial charge in [0.2, 0.25) is 21.8 Å². The van der Waals surface area contributed by atoms with Gasteiger partial charge in [0.25, 0.3) is 0 Å². The Hall–Kier alpha value is -3.68. The highest BCUT2D eigenvalue weighted by atomic mass is 32.2. The van der Waals surface area contributed by atoms with E-state index in [1.54, 1.807) is 30.3 Å². The van der Waals surface area contributed by atoms with Gasteiger partial charge in [-0.1, -0.05) is 44.2 Å². The van der Waals surface area contributed by atoms with E-state index in [-0.39, 0.29) is 17.3 Å². The largest absolute Gasteiger partial charge is 0.493 e. The molecule has 1 atom stereocenters. The Morgan fingerprint density at radius 3 is 2.36 bits per heavy atom. The number of benzene rings is 2. The maximum atomic E-state index is 13.7. The van der Waals surface area contributed by atoms with Crippen LogP contribution in [-0.4, -0.2) is 88.9 Å². The first-order valence-corrected chi connectivity index (χ1v) is 16.9. The van der Waals surface area contributed by atoms with Gasteiger partial charge in [0.15, 0.2) is 17.5 Å². The van der Waals surface area contributed by atoms with E-state index in [0.717, 1.165) is 31.2 Å². The Labute approximate surface area is 266 Å². The quantitative estimate of drug-likeness (QED) is 0.250. The SMILES string of the molecule is COc1ccc(CC(=O)NC(N)=N[C@H](CC2CCCCC2)C(=O)Nc2cc(S(=O)(=O)N3CCN(C)CC3)ccc2C)cc1OC. The Morgan fingerprint density at radius 1 is 1.00 bits per heavy atom. The molecule has 13 heteroatoms. The monoisotopic (exact) mass is 642 g/mol. The molecule has 4 N–H and O–H groups in total. The first kappa shape index (κ1) is 34.2. The summed E-state index contributed by atoms with van der Waals surface area (Å²) in [6.45, 7) is 3.93. The van der Waals surface area contributed by atoms with Gasteiger partial charge in [-0.05, 0) is 61.7 Å². The van der Waals surface area contributed by atoms with E-state index < -0.39 is 27.9 Å². The molecule has 1 aliphatic heterocycles. The van der Waals surface area contributed by atoms with Crippen molar-refractivity contribution in [2.24, 2.45) is 16.6 Å². The number of methoxy groups -OCH3 is 2. The number of anilines is 1. The third-order valence-electron chi connectivity index (χ3n) is 8.53. The third kappa shape index (κ3) is 9.18. The number of ether oxygens (including phenoxy) is 2. The maximum Gasteiger partial charge on any atom is 0.249 e. The molecular formula is C32H46N6O6S. The van der Waals surface area contributed by atoms with E-state index in [2.05, 4.69) is 20.5 Å². The highest BCUT2D eigenvalue weighted by molar-refractivity contribution is 7.89. The lowest BCUT2D eigenvalue weighted by Gasteiger charge is -2.31. The van der Waals surface area contributed by atoms with Crippen LogP contribution >= 0.6 is 0 Å². The van der Waals surface area contributed by atoms with Crippen LogP contribution in [0.3, 0.4) is 0 Å². The summed E-state index contributed by atoms with van der Waals surface area (Å²) in [4.78, 5) is 33.2. The summed E-state index contributed by atoms with van der Waals surface area (Å²) < 4.78 is 38.8. The topological polar surface area (TPSA) is 156 Å². The first-order valence-electron chi connectivity index (χ1n) is 15.4. The van der Waals surface area contributed by atoms with Crippen molar-refractivity contribution in [3.8, 4) is 11.5 Å². The number of carbonyl (C=O) groups excluding carboxylic acids is 2. The van der Waals surface area contributed by atoms with Gasteiger partial charge in [0.05, 0.1) is 25.5 Å². The molecular weight excluding hydrogens is 596 g/mol. The second kappa shape index (κ2) is 15.5. The van der Waals surface area contributed by atoms with Crippen LogP contribution in [0.25, 0.3) is 0 Å². The number of nitrogens with zero attached hydrogens (tertiary/aromatic N) is 3. The number of guanidine groups is 1. The molecule has 0 spiro atoms. The molecule has 2 aromatic rings. The molecule has 4 rings (SSSR count). The summed E-state index contributed by atoms with van der Waals surface area (Å²) >= 11 is 0. The van der Waals surface area contributed by atoms with E-state index in [1.807, 2.05) is 14.0 Å². The minimum Gasteiger partial charge on any atom is -0.493 e. The van der Waals surface area contributed by atoms with Crippen LogP contribution in [-0.2, 0) is 26.0 Å². The van der Waals surface area contributed by atoms with Crippen molar-refractivity contribution >= 4 is 33.5 Å². The lowest BCUT2D eigenvalue weighted by Crippen LogP contribution is -2.47. The Bertz CT molecular complexity index is 1480. The van der Waals surface area contributed by atoms with Crippen LogP contribution in [0, 0.1) is 12.8 Å². The van der Waals surface area contributed by atoms with E-state index in [0.29, 0.717) is 61.3 Å². The minimum atomic E-state index is -3.72. The van der Waals surface area contributed by atoms with E-state index >= 15 is 0 Å². The molecule has 1 saturated heterocycles. The molecule has 2 aromatic carbocycles. The number of piperazine rings is 1. The highest BCUT2D eigenvalue weighted by Crippen LogP contribution is 2.30. The molecule has 1 heterocycles. The van der Waals surface area contributed by atoms with Crippen molar-refractivity contribution < 1.29 is 27.5 Å². The molecule has 2 amide bonds. The van der Waals surface area contributed by atoms with Crippen molar-refractivity contribution in [3.05, 3.63) is 47.5 Å². The van der Waals surface area contributed by atoms with Crippen LogP contribution in [0.2, 0.25) is 0 Å². The molecule has 12 nitrogen and oxygen atoms in total. The lowest BCUT2D eigenvalue weighted by atomic mass is 9.84. The Morgan fingerprint density at radius 2 is 1.69 bits per heavy atom. The van der Waals surface area contributed by atoms with Gasteiger partial charge in [0, 0.05) is 31.9 Å². The zero-order valence-electron chi connectivity index (χ0n) is 26.7. The summed E-state index contributed by atoms with van der Waals surface area (Å²) in [6.07, 6.45) is 5.81. The molecule has 0 unspecified atom stereocenters. The fraction of sp³-hybridized carbons (Fsp3) is 0.531. The van der Waals surface area contributed by atoms with Gasteiger partial charge < -0.3 is 25.4 Å². The molecule has 1 saturated carbocycles. The zero-order valence-corrected chi connectivity index (χ0v) is 27.5. The second-order valence-electron chi connectivity index (χ2n) is 11.9. The molecule has 0 bridgehead atoms. The second-order valence-corrected chi connectivity index (χ2v) is 13.8. The predicted octanol–water partition coefficient (Wildman–Crippen LogP) is 2.90. The van der Waals surface area contributed by atoms with Gasteiger partial charge in [-0.15, -0.1) is 0 Å². The number of nitrogens with one attached hydrogen (secondary N) is 2. The number of carbonyl (C=O) groups is 2. The smallest absolute Gasteiger partial charge is 0.249 e. The van der Waals surface area contributed by atoms with Gasteiger partial charge in [-0.2, -0.15) is 4.31 Å². The number of hydrogen-bond donors (Lipinski definition) is 3. The molecule has 0 radical (unpaired) electrons. The number of sulfonamides is 1. The van der Waals surface area contributed by atoms with Gasteiger partial charge in [0.1, 0.15) is 6.04 Å². The molecule has 0 aromatic heterocycles. The Kier molecular flexibility index (Phi) is 11.8. The van der Waals surface area contributed by atoms with Gasteiger partial charge in [-0.25, -0.2) is 13.4 Å². The summed E-state index contributed by atoms with van der Waals surface area (Å²) in [7, 11) is 1.30. The number of hydrogen-bond acceptors (Lipinski definition) is 8. The lowest BCUT2D eigenvalue weighted by molar-refractivity contribution is -0.119. The van der Waals surface area contributed by atoms with Crippen molar-refractivity contribution in [2.45, 2.75) is 62.8 Å². The summed E-state index contributed by atoms with van der Waals surface area (Å²) in [5.41, 5.74) is 7.98. The number of aryl methyl sites for hydroxylation is 1. The normalized spacial score (nSPS) is 17.8. The van der Waals surface area contributed by atoms with Crippen molar-refractivity contribution in [1.82, 2.24) is 14.5 Å². The molecule has 1 aliphatic carbocycles. The zero-order chi connectivity index (χ0) is 32.6. The van der Waals surface area contributed by atoms with Crippen molar-refractivity contribution in [2.75, 3.05) is 52.8 Å². The van der Waals surface area contributed by atoms with E-state index in [9.17, 15) is 18.0 Å². The van der Waals surface area contributed by atoms with Crippen LogP contribution in [0.15, 0.2) is 46.3 Å². The van der Waals surface area contributed by atoms with Crippen LogP contribution in [0.1, 0.15) is 49.7 Å². The van der Waals surface area contributed by atoms with Crippen LogP contribution in [0.5, 0.6) is 11.5 Å². The van der Waals surface area contributed by atoms with Gasteiger partial charge >= 0.3 is 0 Å². The summed E-state index contributed by atoms with van der Waals surface area (Å²) in [5.74, 6) is 0.396. The first-order chi connectivity index (χ1) is 21.5. The molecule has 2 fully saturated rings. The van der Waals surface area contributed by atoms with E-state index in [4.69, 9.17) is 15.2 Å². The highest BCUT2D eigenvalue weighted by Gasteiger charge is 2.29. The fourth-order valence-electron chi connectivity index (χ4n) is 5.81.